The van der Waals surface area contributed by atoms with Crippen LogP contribution in [0.15, 0.2) is 0 Å². The highest BCUT2D eigenvalue weighted by molar-refractivity contribution is 4.81. The maximum atomic E-state index is 3.54. The summed E-state index contributed by atoms with van der Waals surface area (Å²) in [6.07, 6.45) is 7.06. The predicted molar refractivity (Wildman–Crippen MR) is 76.4 cm³/mol. The Morgan fingerprint density at radius 2 is 1.71 bits per heavy atom. The summed E-state index contributed by atoms with van der Waals surface area (Å²) in [5.41, 5.74) is 0. The van der Waals surface area contributed by atoms with Gasteiger partial charge in [-0.1, -0.05) is 27.2 Å². The van der Waals surface area contributed by atoms with Crippen molar-refractivity contribution in [3.63, 3.8) is 0 Å². The second kappa shape index (κ2) is 7.38. The molecule has 0 spiro atoms. The van der Waals surface area contributed by atoms with Crippen LogP contribution in [0.1, 0.15) is 59.8 Å². The van der Waals surface area contributed by atoms with Crippen LogP contribution < -0.4 is 5.32 Å². The van der Waals surface area contributed by atoms with Crippen LogP contribution >= 0.6 is 0 Å². The topological polar surface area (TPSA) is 15.3 Å². The molecular formula is C15H32N2. The van der Waals surface area contributed by atoms with Crippen molar-refractivity contribution in [2.45, 2.75) is 77.9 Å². The summed E-state index contributed by atoms with van der Waals surface area (Å²) >= 11 is 0. The largest absolute Gasteiger partial charge is 0.313 e. The molecule has 1 atom stereocenters. The minimum atomic E-state index is 0.599. The van der Waals surface area contributed by atoms with Crippen LogP contribution in [0, 0.1) is 5.92 Å². The summed E-state index contributed by atoms with van der Waals surface area (Å²) in [6, 6.07) is 2.07. The molecule has 0 aliphatic heterocycles. The average molecular weight is 240 g/mol. The van der Waals surface area contributed by atoms with Crippen molar-refractivity contribution < 1.29 is 0 Å². The number of nitrogens with zero attached hydrogens (tertiary/aromatic N) is 1. The van der Waals surface area contributed by atoms with Gasteiger partial charge in [-0.3, -0.25) is 4.90 Å². The van der Waals surface area contributed by atoms with E-state index in [0.29, 0.717) is 12.1 Å². The fourth-order valence-corrected chi connectivity index (χ4v) is 2.87. The molecule has 2 heteroatoms. The highest BCUT2D eigenvalue weighted by Gasteiger charge is 2.25. The second-order valence-corrected chi connectivity index (χ2v) is 6.16. The van der Waals surface area contributed by atoms with E-state index < -0.39 is 0 Å². The highest BCUT2D eigenvalue weighted by Crippen LogP contribution is 2.29. The Labute approximate surface area is 108 Å². The lowest BCUT2D eigenvalue weighted by molar-refractivity contribution is 0.124. The minimum absolute atomic E-state index is 0.599. The molecule has 0 aromatic rings. The SMILES string of the molecule is CCC1CCC(N(C)C(C)CNC(C)C)CC1. The Morgan fingerprint density at radius 3 is 2.18 bits per heavy atom. The molecule has 1 aliphatic rings. The van der Waals surface area contributed by atoms with Gasteiger partial charge < -0.3 is 5.32 Å². The Bertz CT molecular complexity index is 195. The van der Waals surface area contributed by atoms with Crippen molar-refractivity contribution in [1.82, 2.24) is 10.2 Å². The molecule has 102 valence electrons. The molecule has 1 rings (SSSR count). The zero-order valence-corrected chi connectivity index (χ0v) is 12.5. The van der Waals surface area contributed by atoms with Gasteiger partial charge in [-0.2, -0.15) is 0 Å². The first-order valence-electron chi connectivity index (χ1n) is 7.49. The van der Waals surface area contributed by atoms with Crippen LogP contribution in [-0.4, -0.2) is 36.6 Å². The molecule has 1 N–H and O–H groups in total. The summed E-state index contributed by atoms with van der Waals surface area (Å²) in [5.74, 6) is 1.00. The minimum Gasteiger partial charge on any atom is -0.313 e. The smallest absolute Gasteiger partial charge is 0.0192 e. The quantitative estimate of drug-likeness (QED) is 0.766. The first-order chi connectivity index (χ1) is 8.04. The molecule has 0 bridgehead atoms. The molecule has 2 nitrogen and oxygen atoms in total. The van der Waals surface area contributed by atoms with E-state index in [9.17, 15) is 0 Å². The average Bonchev–Trinajstić information content (AvgIpc) is 2.35. The van der Waals surface area contributed by atoms with Gasteiger partial charge in [0.15, 0.2) is 0 Å². The van der Waals surface area contributed by atoms with Gasteiger partial charge in [-0.15, -0.1) is 0 Å². The Kier molecular flexibility index (Phi) is 6.50. The van der Waals surface area contributed by atoms with E-state index in [1.807, 2.05) is 0 Å². The molecule has 0 aromatic carbocycles. The molecule has 0 saturated heterocycles. The standard InChI is InChI=1S/C15H32N2/c1-6-14-7-9-15(10-8-14)17(5)13(4)11-16-12(2)3/h12-16H,6-11H2,1-5H3. The van der Waals surface area contributed by atoms with Gasteiger partial charge >= 0.3 is 0 Å². The summed E-state index contributed by atoms with van der Waals surface area (Å²) in [5, 5.41) is 3.54. The number of rotatable bonds is 6. The van der Waals surface area contributed by atoms with Crippen LogP contribution in [0.5, 0.6) is 0 Å². The van der Waals surface area contributed by atoms with Crippen molar-refractivity contribution in [3.05, 3.63) is 0 Å². The van der Waals surface area contributed by atoms with Crippen LogP contribution in [0.2, 0.25) is 0 Å². The van der Waals surface area contributed by atoms with Gasteiger partial charge in [0.2, 0.25) is 0 Å². The zero-order chi connectivity index (χ0) is 12.8. The maximum absolute atomic E-state index is 3.54. The molecule has 1 saturated carbocycles. The van der Waals surface area contributed by atoms with E-state index in [2.05, 4.69) is 45.0 Å². The fourth-order valence-electron chi connectivity index (χ4n) is 2.87. The number of likely N-dealkylation sites (N-methyl/N-ethyl adjacent to an activating group) is 1. The Balaban J connectivity index is 2.29. The second-order valence-electron chi connectivity index (χ2n) is 6.16. The van der Waals surface area contributed by atoms with E-state index in [1.54, 1.807) is 0 Å². The molecule has 17 heavy (non-hydrogen) atoms. The summed E-state index contributed by atoms with van der Waals surface area (Å²) in [6.45, 7) is 10.2. The van der Waals surface area contributed by atoms with Crippen LogP contribution in [0.4, 0.5) is 0 Å². The van der Waals surface area contributed by atoms with Crippen molar-refractivity contribution >= 4 is 0 Å². The third-order valence-corrected chi connectivity index (χ3v) is 4.49. The molecule has 1 fully saturated rings. The maximum Gasteiger partial charge on any atom is 0.0192 e. The van der Waals surface area contributed by atoms with E-state index in [0.717, 1.165) is 18.5 Å². The lowest BCUT2D eigenvalue weighted by atomic mass is 9.84. The van der Waals surface area contributed by atoms with Crippen molar-refractivity contribution in [1.29, 1.82) is 0 Å². The molecular weight excluding hydrogens is 208 g/mol. The first-order valence-corrected chi connectivity index (χ1v) is 7.49. The number of nitrogens with one attached hydrogen (secondary N) is 1. The molecule has 0 amide bonds. The van der Waals surface area contributed by atoms with Gasteiger partial charge in [-0.05, 0) is 45.6 Å². The molecule has 0 radical (unpaired) electrons. The van der Waals surface area contributed by atoms with Gasteiger partial charge in [0.25, 0.3) is 0 Å². The number of hydrogen-bond acceptors (Lipinski definition) is 2. The normalized spacial score (nSPS) is 27.7. The zero-order valence-electron chi connectivity index (χ0n) is 12.5. The third-order valence-electron chi connectivity index (χ3n) is 4.49. The van der Waals surface area contributed by atoms with E-state index in [4.69, 9.17) is 0 Å². The van der Waals surface area contributed by atoms with E-state index in [1.165, 1.54) is 32.1 Å². The van der Waals surface area contributed by atoms with E-state index in [-0.39, 0.29) is 0 Å². The summed E-state index contributed by atoms with van der Waals surface area (Å²) in [7, 11) is 2.31. The summed E-state index contributed by atoms with van der Waals surface area (Å²) < 4.78 is 0. The number of hydrogen-bond donors (Lipinski definition) is 1. The van der Waals surface area contributed by atoms with Gasteiger partial charge in [0.05, 0.1) is 0 Å². The Hall–Kier alpha value is -0.0800. The first kappa shape index (κ1) is 15.0. The molecule has 1 aliphatic carbocycles. The predicted octanol–water partition coefficient (Wildman–Crippen LogP) is 3.27. The fraction of sp³-hybridized carbons (Fsp3) is 1.00. The van der Waals surface area contributed by atoms with Crippen LogP contribution in [0.3, 0.4) is 0 Å². The highest BCUT2D eigenvalue weighted by atomic mass is 15.2. The lowest BCUT2D eigenvalue weighted by Crippen LogP contribution is -2.46. The Morgan fingerprint density at radius 1 is 1.12 bits per heavy atom. The van der Waals surface area contributed by atoms with Crippen LogP contribution in [-0.2, 0) is 0 Å². The van der Waals surface area contributed by atoms with Gasteiger partial charge in [0.1, 0.15) is 0 Å². The van der Waals surface area contributed by atoms with Crippen molar-refractivity contribution in [2.24, 2.45) is 5.92 Å². The van der Waals surface area contributed by atoms with Crippen LogP contribution in [0.25, 0.3) is 0 Å². The van der Waals surface area contributed by atoms with Gasteiger partial charge in [0, 0.05) is 24.7 Å². The molecule has 0 heterocycles. The van der Waals surface area contributed by atoms with E-state index >= 15 is 0 Å². The molecule has 0 aromatic heterocycles. The van der Waals surface area contributed by atoms with Crippen molar-refractivity contribution in [2.75, 3.05) is 13.6 Å². The lowest BCUT2D eigenvalue weighted by Gasteiger charge is -2.38. The molecule has 1 unspecified atom stereocenters. The van der Waals surface area contributed by atoms with Gasteiger partial charge in [-0.25, -0.2) is 0 Å². The van der Waals surface area contributed by atoms with Crippen molar-refractivity contribution in [3.8, 4) is 0 Å². The third kappa shape index (κ3) is 4.97. The summed E-state index contributed by atoms with van der Waals surface area (Å²) in [4.78, 5) is 2.60. The monoisotopic (exact) mass is 240 g/mol.